The van der Waals surface area contributed by atoms with Crippen molar-refractivity contribution in [3.05, 3.63) is 57.3 Å². The van der Waals surface area contributed by atoms with Gasteiger partial charge in [0.1, 0.15) is 5.82 Å². The first-order valence-electron chi connectivity index (χ1n) is 8.84. The van der Waals surface area contributed by atoms with Gasteiger partial charge in [0.2, 0.25) is 0 Å². The van der Waals surface area contributed by atoms with Crippen LogP contribution in [0, 0.1) is 5.82 Å². The number of nitrogens with two attached hydrogens (primary N) is 1. The number of halogens is 3. The fourth-order valence-corrected chi connectivity index (χ4v) is 3.39. The first-order valence-corrected chi connectivity index (χ1v) is 9.60. The average molecular weight is 441 g/mol. The van der Waals surface area contributed by atoms with E-state index in [4.69, 9.17) is 38.4 Å². The van der Waals surface area contributed by atoms with Crippen molar-refractivity contribution in [2.24, 2.45) is 5.73 Å². The van der Waals surface area contributed by atoms with Gasteiger partial charge >= 0.3 is 0 Å². The van der Waals surface area contributed by atoms with Gasteiger partial charge < -0.3 is 20.1 Å². The highest BCUT2D eigenvalue weighted by Gasteiger charge is 2.34. The van der Waals surface area contributed by atoms with E-state index in [0.717, 1.165) is 12.8 Å². The van der Waals surface area contributed by atoms with Crippen molar-refractivity contribution in [1.29, 1.82) is 0 Å². The molecule has 0 radical (unpaired) electrons. The molecule has 1 fully saturated rings. The van der Waals surface area contributed by atoms with Gasteiger partial charge in [-0.05, 0) is 37.1 Å². The molecule has 6 nitrogen and oxygen atoms in total. The van der Waals surface area contributed by atoms with Crippen molar-refractivity contribution in [2.45, 2.75) is 25.4 Å². The normalized spacial score (nSPS) is 13.1. The molecule has 0 heterocycles. The summed E-state index contributed by atoms with van der Waals surface area (Å²) >= 11 is 12.4. The van der Waals surface area contributed by atoms with Gasteiger partial charge in [0.25, 0.3) is 11.8 Å². The molecule has 0 aliphatic heterocycles. The summed E-state index contributed by atoms with van der Waals surface area (Å²) in [4.78, 5) is 25.7. The van der Waals surface area contributed by atoms with Crippen LogP contribution < -0.4 is 15.2 Å². The van der Waals surface area contributed by atoms with Crippen molar-refractivity contribution >= 4 is 35.0 Å². The van der Waals surface area contributed by atoms with Crippen LogP contribution in [0.15, 0.2) is 30.3 Å². The Morgan fingerprint density at radius 3 is 2.55 bits per heavy atom. The largest absolute Gasteiger partial charge is 0.493 e. The standard InChI is InChI=1S/C20H19Cl2FN2O4/c1-28-17-8-11(7-15(22)19(17)29-10-18(24)26)20(27)25(12-5-6-12)9-13-14(21)3-2-4-16(13)23/h2-4,7-8,12H,5-6,9-10H2,1H3,(H2,24,26). The van der Waals surface area contributed by atoms with Gasteiger partial charge in [0.05, 0.1) is 18.7 Å². The zero-order valence-electron chi connectivity index (χ0n) is 15.6. The Morgan fingerprint density at radius 1 is 1.24 bits per heavy atom. The van der Waals surface area contributed by atoms with E-state index in [1.165, 1.54) is 31.4 Å². The van der Waals surface area contributed by atoms with Crippen LogP contribution in [0.2, 0.25) is 10.0 Å². The zero-order chi connectivity index (χ0) is 21.1. The molecule has 1 aliphatic carbocycles. The van der Waals surface area contributed by atoms with E-state index in [0.29, 0.717) is 0 Å². The lowest BCUT2D eigenvalue weighted by Gasteiger charge is -2.24. The van der Waals surface area contributed by atoms with Gasteiger partial charge in [-0.2, -0.15) is 0 Å². The first-order chi connectivity index (χ1) is 13.8. The average Bonchev–Trinajstić information content (AvgIpc) is 3.50. The highest BCUT2D eigenvalue weighted by atomic mass is 35.5. The molecule has 0 spiro atoms. The topological polar surface area (TPSA) is 81.9 Å². The quantitative estimate of drug-likeness (QED) is 0.676. The molecule has 29 heavy (non-hydrogen) atoms. The van der Waals surface area contributed by atoms with Gasteiger partial charge in [-0.3, -0.25) is 9.59 Å². The third-order valence-corrected chi connectivity index (χ3v) is 5.11. The monoisotopic (exact) mass is 440 g/mol. The van der Waals surface area contributed by atoms with E-state index in [9.17, 15) is 14.0 Å². The predicted molar refractivity (Wildman–Crippen MR) is 107 cm³/mol. The molecule has 0 atom stereocenters. The number of hydrogen-bond donors (Lipinski definition) is 1. The number of amides is 2. The van der Waals surface area contributed by atoms with Gasteiger partial charge in [-0.15, -0.1) is 0 Å². The van der Waals surface area contributed by atoms with Gasteiger partial charge in [0, 0.05) is 22.2 Å². The number of primary amides is 1. The minimum absolute atomic E-state index is 0.00580. The van der Waals surface area contributed by atoms with Crippen LogP contribution in [0.3, 0.4) is 0 Å². The summed E-state index contributed by atoms with van der Waals surface area (Å²) in [5.74, 6) is -1.19. The lowest BCUT2D eigenvalue weighted by molar-refractivity contribution is -0.119. The fourth-order valence-electron chi connectivity index (χ4n) is 2.90. The van der Waals surface area contributed by atoms with E-state index < -0.39 is 11.7 Å². The molecule has 3 rings (SSSR count). The van der Waals surface area contributed by atoms with E-state index in [2.05, 4.69) is 0 Å². The molecule has 0 bridgehead atoms. The summed E-state index contributed by atoms with van der Waals surface area (Å²) in [5, 5.41) is 0.350. The predicted octanol–water partition coefficient (Wildman–Crippen LogP) is 3.81. The molecular formula is C20H19Cl2FN2O4. The van der Waals surface area contributed by atoms with Gasteiger partial charge in [-0.1, -0.05) is 29.3 Å². The number of benzene rings is 2. The van der Waals surface area contributed by atoms with Crippen molar-refractivity contribution in [2.75, 3.05) is 13.7 Å². The molecule has 0 saturated heterocycles. The van der Waals surface area contributed by atoms with Crippen molar-refractivity contribution in [3.8, 4) is 11.5 Å². The zero-order valence-corrected chi connectivity index (χ0v) is 17.1. The third kappa shape index (κ3) is 4.92. The molecule has 1 saturated carbocycles. The summed E-state index contributed by atoms with van der Waals surface area (Å²) < 4.78 is 24.8. The molecule has 2 N–H and O–H groups in total. The van der Waals surface area contributed by atoms with Crippen LogP contribution in [0.4, 0.5) is 4.39 Å². The molecule has 1 aliphatic rings. The summed E-state index contributed by atoms with van der Waals surface area (Å²) in [6.07, 6.45) is 1.64. The van der Waals surface area contributed by atoms with Crippen molar-refractivity contribution in [1.82, 2.24) is 4.90 Å². The first kappa shape index (κ1) is 21.2. The second kappa shape index (κ2) is 8.88. The smallest absolute Gasteiger partial charge is 0.255 e. The Labute approximate surface area is 177 Å². The van der Waals surface area contributed by atoms with E-state index in [1.807, 2.05) is 0 Å². The molecule has 2 amide bonds. The number of methoxy groups -OCH3 is 1. The van der Waals surface area contributed by atoms with Crippen LogP contribution in [-0.4, -0.2) is 36.5 Å². The molecule has 0 unspecified atom stereocenters. The number of ether oxygens (including phenoxy) is 2. The minimum atomic E-state index is -0.676. The van der Waals surface area contributed by atoms with Crippen LogP contribution in [0.1, 0.15) is 28.8 Å². The van der Waals surface area contributed by atoms with Crippen LogP contribution in [-0.2, 0) is 11.3 Å². The number of carbonyl (C=O) groups excluding carboxylic acids is 2. The van der Waals surface area contributed by atoms with Crippen molar-refractivity contribution in [3.63, 3.8) is 0 Å². The Kier molecular flexibility index (Phi) is 6.49. The highest BCUT2D eigenvalue weighted by Crippen LogP contribution is 2.38. The SMILES string of the molecule is COc1cc(C(=O)N(Cc2c(F)cccc2Cl)C2CC2)cc(Cl)c1OCC(N)=O. The van der Waals surface area contributed by atoms with Crippen LogP contribution >= 0.6 is 23.2 Å². The van der Waals surface area contributed by atoms with Gasteiger partial charge in [0.15, 0.2) is 18.1 Å². The summed E-state index contributed by atoms with van der Waals surface area (Å²) in [6.45, 7) is -0.349. The molecule has 2 aromatic carbocycles. The second-order valence-electron chi connectivity index (χ2n) is 6.61. The second-order valence-corrected chi connectivity index (χ2v) is 7.42. The van der Waals surface area contributed by atoms with E-state index >= 15 is 0 Å². The molecule has 154 valence electrons. The number of nitrogens with zero attached hydrogens (tertiary/aromatic N) is 1. The van der Waals surface area contributed by atoms with Crippen LogP contribution in [0.5, 0.6) is 11.5 Å². The highest BCUT2D eigenvalue weighted by molar-refractivity contribution is 6.32. The maximum atomic E-state index is 14.2. The van der Waals surface area contributed by atoms with E-state index in [1.54, 1.807) is 11.0 Å². The van der Waals surface area contributed by atoms with Gasteiger partial charge in [-0.25, -0.2) is 4.39 Å². The molecule has 2 aromatic rings. The lowest BCUT2D eigenvalue weighted by Crippen LogP contribution is -2.33. The van der Waals surface area contributed by atoms with Crippen LogP contribution in [0.25, 0.3) is 0 Å². The Bertz CT molecular complexity index is 930. The number of hydrogen-bond acceptors (Lipinski definition) is 4. The summed E-state index contributed by atoms with van der Waals surface area (Å²) in [6, 6.07) is 7.28. The van der Waals surface area contributed by atoms with E-state index in [-0.39, 0.29) is 57.8 Å². The molecule has 9 heteroatoms. The lowest BCUT2D eigenvalue weighted by atomic mass is 10.1. The third-order valence-electron chi connectivity index (χ3n) is 4.47. The fraction of sp³-hybridized carbons (Fsp3) is 0.300. The minimum Gasteiger partial charge on any atom is -0.493 e. The summed E-state index contributed by atoms with van der Waals surface area (Å²) in [5.41, 5.74) is 5.59. The number of carbonyl (C=O) groups is 2. The maximum absolute atomic E-state index is 14.2. The molecular weight excluding hydrogens is 422 g/mol. The Morgan fingerprint density at radius 2 is 1.97 bits per heavy atom. The summed E-state index contributed by atoms with van der Waals surface area (Å²) in [7, 11) is 1.38. The van der Waals surface area contributed by atoms with Crippen molar-refractivity contribution < 1.29 is 23.5 Å². The molecule has 0 aromatic heterocycles. The number of rotatable bonds is 8. The maximum Gasteiger partial charge on any atom is 0.255 e. The Hall–Kier alpha value is -2.51. The Balaban J connectivity index is 1.90.